The van der Waals surface area contributed by atoms with E-state index in [0.29, 0.717) is 5.52 Å². The minimum Gasteiger partial charge on any atom is -0.461 e. The minimum atomic E-state index is -4.45. The number of carbonyl (C=O) groups is 3. The van der Waals surface area contributed by atoms with E-state index in [2.05, 4.69) is 15.2 Å². The maximum absolute atomic E-state index is 14.3. The molecule has 0 bridgehead atoms. The van der Waals surface area contributed by atoms with Crippen LogP contribution in [0, 0.1) is 11.5 Å². The predicted octanol–water partition coefficient (Wildman–Crippen LogP) is 4.68. The highest BCUT2D eigenvalue weighted by molar-refractivity contribution is 7.52. The number of ether oxygens (including phenoxy) is 4. The number of aromatic nitrogens is 3. The molecule has 0 radical (unpaired) electrons. The fourth-order valence-corrected chi connectivity index (χ4v) is 6.73. The van der Waals surface area contributed by atoms with E-state index in [0.717, 1.165) is 51.5 Å². The number of carbonyl (C=O) groups excluding carboxylic acids is 3. The van der Waals surface area contributed by atoms with E-state index in [9.17, 15) is 24.2 Å². The normalized spacial score (nSPS) is 16.6. The molecule has 1 aromatic carbocycles. The second-order valence-corrected chi connectivity index (χ2v) is 14.5. The molecular formula is C33H43N6O10P. The summed E-state index contributed by atoms with van der Waals surface area (Å²) in [6.07, 6.45) is 2.37. The molecule has 17 heteroatoms. The molecule has 270 valence electrons. The van der Waals surface area contributed by atoms with Crippen molar-refractivity contribution in [1.82, 2.24) is 19.7 Å². The van der Waals surface area contributed by atoms with Gasteiger partial charge in [-0.15, -0.1) is 0 Å². The molecule has 0 aliphatic heterocycles. The van der Waals surface area contributed by atoms with Gasteiger partial charge in [0.1, 0.15) is 36.8 Å². The number of nitrogens with one attached hydrogen (secondary N) is 1. The molecule has 2 aromatic heterocycles. The molecule has 1 saturated carbocycles. The third-order valence-corrected chi connectivity index (χ3v) is 9.37. The van der Waals surface area contributed by atoms with Crippen molar-refractivity contribution in [2.75, 3.05) is 18.9 Å². The van der Waals surface area contributed by atoms with Gasteiger partial charge in [0.2, 0.25) is 0 Å². The Kier molecular flexibility index (Phi) is 12.8. The first-order chi connectivity index (χ1) is 23.7. The Hall–Kier alpha value is -4.71. The molecular weight excluding hydrogens is 671 g/mol. The molecule has 3 aromatic rings. The highest BCUT2D eigenvalue weighted by Crippen LogP contribution is 2.45. The van der Waals surface area contributed by atoms with Crippen LogP contribution in [-0.2, 0) is 47.8 Å². The Balaban J connectivity index is 1.64. The zero-order valence-corrected chi connectivity index (χ0v) is 29.6. The molecule has 3 N–H and O–H groups in total. The van der Waals surface area contributed by atoms with Crippen molar-refractivity contribution in [3.05, 3.63) is 54.0 Å². The van der Waals surface area contributed by atoms with Crippen molar-refractivity contribution in [2.45, 2.75) is 96.6 Å². The largest absolute Gasteiger partial charge is 0.461 e. The summed E-state index contributed by atoms with van der Waals surface area (Å²) in [6, 6.07) is 9.89. The molecule has 4 rings (SSSR count). The topological polar surface area (TPSA) is 216 Å². The van der Waals surface area contributed by atoms with Gasteiger partial charge in [-0.1, -0.05) is 39.3 Å². The summed E-state index contributed by atoms with van der Waals surface area (Å²) in [5, 5.41) is 16.3. The molecule has 0 amide bonds. The summed E-state index contributed by atoms with van der Waals surface area (Å²) in [7, 11) is -4.45. The average Bonchev–Trinajstić information content (AvgIpc) is 3.49. The van der Waals surface area contributed by atoms with Crippen LogP contribution in [0.1, 0.15) is 84.1 Å². The molecule has 1 aliphatic carbocycles. The van der Waals surface area contributed by atoms with Gasteiger partial charge in [-0.2, -0.15) is 10.4 Å². The maximum Gasteiger partial charge on any atom is 0.459 e. The van der Waals surface area contributed by atoms with E-state index in [4.69, 9.17) is 33.7 Å². The third kappa shape index (κ3) is 10.4. The van der Waals surface area contributed by atoms with Crippen molar-refractivity contribution in [3.63, 3.8) is 0 Å². The van der Waals surface area contributed by atoms with Crippen LogP contribution in [0.2, 0.25) is 0 Å². The molecule has 2 heterocycles. The Labute approximate surface area is 290 Å². The Morgan fingerprint density at radius 2 is 1.74 bits per heavy atom. The van der Waals surface area contributed by atoms with Crippen LogP contribution in [0.4, 0.5) is 5.82 Å². The van der Waals surface area contributed by atoms with E-state index in [-0.39, 0.29) is 28.8 Å². The van der Waals surface area contributed by atoms with Gasteiger partial charge in [0.05, 0.1) is 5.69 Å². The molecule has 50 heavy (non-hydrogen) atoms. The van der Waals surface area contributed by atoms with Crippen LogP contribution >= 0.6 is 7.75 Å². The lowest BCUT2D eigenvalue weighted by atomic mass is 9.87. The van der Waals surface area contributed by atoms with Crippen LogP contribution in [0.3, 0.4) is 0 Å². The van der Waals surface area contributed by atoms with Gasteiger partial charge in [-0.3, -0.25) is 18.9 Å². The van der Waals surface area contributed by atoms with E-state index < -0.39 is 57.1 Å². The summed E-state index contributed by atoms with van der Waals surface area (Å²) in [6.45, 7) is 7.10. The van der Waals surface area contributed by atoms with Crippen molar-refractivity contribution in [2.24, 2.45) is 0 Å². The van der Waals surface area contributed by atoms with E-state index in [1.807, 2.05) is 20.8 Å². The summed E-state index contributed by atoms with van der Waals surface area (Å²) in [4.78, 5) is 41.4. The number of nitrogens with two attached hydrogens (primary N) is 1. The number of nitrogens with zero attached hydrogens (tertiary/aromatic N) is 4. The first kappa shape index (κ1) is 38.1. The standard InChI is InChI=1S/C33H43N6O10P/c1-21(40)46-30(26-15-16-27-32(35)36-20-37-39(26)27)31(47-22(2)41)28(44-19-34)18-45-50(43,38-17-29(42)48-24-9-7-6-8-10-24)49-25-13-11-23(12-14-25)33(3,4)5/h11-16,20,24,28,30-31H,6-10,17-18H2,1-5H3,(H,38,43)(H2,35,36,37)/t28-,30+,31-,50?/m1/s1. The fourth-order valence-electron chi connectivity index (χ4n) is 5.45. The number of esters is 3. The van der Waals surface area contributed by atoms with Gasteiger partial charge < -0.3 is 29.2 Å². The van der Waals surface area contributed by atoms with Gasteiger partial charge >= 0.3 is 25.7 Å². The lowest BCUT2D eigenvalue weighted by Gasteiger charge is -2.31. The summed E-state index contributed by atoms with van der Waals surface area (Å²) < 4.78 is 49.2. The monoisotopic (exact) mass is 714 g/mol. The molecule has 1 aliphatic rings. The zero-order valence-electron chi connectivity index (χ0n) is 28.7. The Morgan fingerprint density at radius 1 is 1.06 bits per heavy atom. The van der Waals surface area contributed by atoms with E-state index >= 15 is 0 Å². The van der Waals surface area contributed by atoms with Gasteiger partial charge in [0.15, 0.2) is 24.1 Å². The first-order valence-corrected chi connectivity index (χ1v) is 17.7. The maximum atomic E-state index is 14.3. The smallest absolute Gasteiger partial charge is 0.459 e. The van der Waals surface area contributed by atoms with Crippen LogP contribution < -0.4 is 15.3 Å². The third-order valence-electron chi connectivity index (χ3n) is 7.89. The molecule has 1 fully saturated rings. The number of benzene rings is 1. The average molecular weight is 715 g/mol. The van der Waals surface area contributed by atoms with E-state index in [1.165, 1.54) is 23.2 Å². The van der Waals surface area contributed by atoms with Gasteiger partial charge in [-0.05, 0) is 60.9 Å². The van der Waals surface area contributed by atoms with Gasteiger partial charge in [0, 0.05) is 13.8 Å². The van der Waals surface area contributed by atoms with Crippen LogP contribution in [0.5, 0.6) is 5.75 Å². The molecule has 1 unspecified atom stereocenters. The second kappa shape index (κ2) is 16.8. The van der Waals surface area contributed by atoms with Crippen molar-refractivity contribution < 1.29 is 46.9 Å². The molecule has 0 spiro atoms. The Bertz CT molecular complexity index is 1730. The predicted molar refractivity (Wildman–Crippen MR) is 178 cm³/mol. The molecule has 0 saturated heterocycles. The SMILES string of the molecule is CC(=O)O[C@H]([C@@H](COP(=O)(NCC(=O)OC1CCCCC1)Oc1ccc(C(C)(C)C)cc1)OC#N)[C@@H](OC(C)=O)c1ccc2c(N)ncnn12. The van der Waals surface area contributed by atoms with Crippen molar-refractivity contribution >= 4 is 37.0 Å². The lowest BCUT2D eigenvalue weighted by Crippen LogP contribution is -2.42. The zero-order chi connectivity index (χ0) is 36.5. The number of hydrogen-bond acceptors (Lipinski definition) is 14. The number of fused-ring (bicyclic) bond motifs is 1. The van der Waals surface area contributed by atoms with Crippen LogP contribution in [-0.4, -0.2) is 64.0 Å². The highest BCUT2D eigenvalue weighted by atomic mass is 31.2. The number of rotatable bonds is 15. The van der Waals surface area contributed by atoms with Crippen molar-refractivity contribution in [3.8, 4) is 12.0 Å². The van der Waals surface area contributed by atoms with Crippen LogP contribution in [0.25, 0.3) is 5.52 Å². The van der Waals surface area contributed by atoms with Crippen LogP contribution in [0.15, 0.2) is 42.7 Å². The molecule has 16 nitrogen and oxygen atoms in total. The summed E-state index contributed by atoms with van der Waals surface area (Å²) in [5.74, 6) is -1.99. The minimum absolute atomic E-state index is 0.117. The quantitative estimate of drug-likeness (QED) is 0.0946. The second-order valence-electron chi connectivity index (χ2n) is 12.8. The van der Waals surface area contributed by atoms with Crippen molar-refractivity contribution in [1.29, 1.82) is 5.26 Å². The Morgan fingerprint density at radius 3 is 2.36 bits per heavy atom. The molecule has 4 atom stereocenters. The number of anilines is 1. The fraction of sp³-hybridized carbons (Fsp3) is 0.515. The first-order valence-electron chi connectivity index (χ1n) is 16.2. The number of nitrogen functional groups attached to an aromatic ring is 1. The summed E-state index contributed by atoms with van der Waals surface area (Å²) >= 11 is 0. The van der Waals surface area contributed by atoms with Gasteiger partial charge in [0.25, 0.3) is 6.26 Å². The van der Waals surface area contributed by atoms with E-state index in [1.54, 1.807) is 30.3 Å². The summed E-state index contributed by atoms with van der Waals surface area (Å²) in [5.41, 5.74) is 7.34. The number of nitriles is 1. The number of hydrogen-bond donors (Lipinski definition) is 2. The highest BCUT2D eigenvalue weighted by Gasteiger charge is 2.42. The van der Waals surface area contributed by atoms with Gasteiger partial charge in [-0.25, -0.2) is 19.2 Å². The lowest BCUT2D eigenvalue weighted by molar-refractivity contribution is -0.177.